The van der Waals surface area contributed by atoms with E-state index in [0.717, 1.165) is 27.9 Å². The third-order valence-corrected chi connectivity index (χ3v) is 3.80. The predicted molar refractivity (Wildman–Crippen MR) is 91.7 cm³/mol. The average molecular weight is 308 g/mol. The fourth-order valence-corrected chi connectivity index (χ4v) is 2.66. The lowest BCUT2D eigenvalue weighted by Gasteiger charge is -2.08. The molecule has 118 valence electrons. The first-order chi connectivity index (χ1) is 11.2. The van der Waals surface area contributed by atoms with Crippen molar-refractivity contribution in [3.05, 3.63) is 65.9 Å². The molecule has 0 aliphatic heterocycles. The average Bonchev–Trinajstić information content (AvgIpc) is 2.88. The molecular weight excluding hydrogens is 288 g/mol. The Morgan fingerprint density at radius 3 is 2.65 bits per heavy atom. The molecule has 0 unspecified atom stereocenters. The Bertz CT molecular complexity index is 793. The molecule has 4 nitrogen and oxygen atoms in total. The van der Waals surface area contributed by atoms with Gasteiger partial charge < -0.3 is 15.0 Å². The number of aromatic nitrogens is 1. The number of aromatic amines is 1. The quantitative estimate of drug-likeness (QED) is 0.687. The zero-order valence-corrected chi connectivity index (χ0v) is 13.1. The molecule has 1 aromatic heterocycles. The maximum absolute atomic E-state index is 12.1. The topological polar surface area (TPSA) is 54.1 Å². The Labute approximate surface area is 135 Å². The van der Waals surface area contributed by atoms with E-state index in [-0.39, 0.29) is 5.91 Å². The van der Waals surface area contributed by atoms with Gasteiger partial charge in [-0.2, -0.15) is 0 Å². The van der Waals surface area contributed by atoms with Crippen LogP contribution >= 0.6 is 0 Å². The summed E-state index contributed by atoms with van der Waals surface area (Å²) in [7, 11) is 0. The van der Waals surface area contributed by atoms with E-state index in [4.69, 9.17) is 4.74 Å². The first kappa shape index (κ1) is 15.2. The number of rotatable bonds is 6. The smallest absolute Gasteiger partial charge is 0.224 e. The number of carbonyl (C=O) groups excluding carboxylic acids is 1. The normalized spacial score (nSPS) is 10.7. The van der Waals surface area contributed by atoms with Crippen molar-refractivity contribution in [3.63, 3.8) is 0 Å². The van der Waals surface area contributed by atoms with E-state index in [1.807, 2.05) is 61.5 Å². The van der Waals surface area contributed by atoms with E-state index in [9.17, 15) is 4.79 Å². The van der Waals surface area contributed by atoms with Crippen LogP contribution in [0.15, 0.2) is 54.6 Å². The van der Waals surface area contributed by atoms with Crippen molar-refractivity contribution < 1.29 is 9.53 Å². The number of ether oxygens (including phenoxy) is 1. The predicted octanol–water partition coefficient (Wildman–Crippen LogP) is 3.21. The molecule has 2 N–H and O–H groups in total. The SMILES string of the molecule is Cc1[nH]c2ccccc2c1CC(=O)NCCOc1ccccc1. The molecular formula is C19H20N2O2. The molecule has 3 aromatic rings. The number of para-hydroxylation sites is 2. The van der Waals surface area contributed by atoms with Gasteiger partial charge in [0.2, 0.25) is 5.91 Å². The monoisotopic (exact) mass is 308 g/mol. The molecule has 0 saturated carbocycles. The van der Waals surface area contributed by atoms with Crippen molar-refractivity contribution in [1.82, 2.24) is 10.3 Å². The second-order valence-electron chi connectivity index (χ2n) is 5.46. The lowest BCUT2D eigenvalue weighted by molar-refractivity contribution is -0.120. The number of fused-ring (bicyclic) bond motifs is 1. The summed E-state index contributed by atoms with van der Waals surface area (Å²) in [5, 5.41) is 4.02. The molecule has 23 heavy (non-hydrogen) atoms. The first-order valence-electron chi connectivity index (χ1n) is 7.75. The van der Waals surface area contributed by atoms with Crippen molar-refractivity contribution in [2.45, 2.75) is 13.3 Å². The third-order valence-electron chi connectivity index (χ3n) is 3.80. The van der Waals surface area contributed by atoms with Crippen LogP contribution in [-0.4, -0.2) is 24.0 Å². The summed E-state index contributed by atoms with van der Waals surface area (Å²) in [5.74, 6) is 0.823. The Hall–Kier alpha value is -2.75. The van der Waals surface area contributed by atoms with E-state index < -0.39 is 0 Å². The molecule has 0 spiro atoms. The van der Waals surface area contributed by atoms with Gasteiger partial charge in [-0.05, 0) is 30.7 Å². The molecule has 1 amide bonds. The van der Waals surface area contributed by atoms with Crippen molar-refractivity contribution in [2.75, 3.05) is 13.2 Å². The van der Waals surface area contributed by atoms with Crippen LogP contribution < -0.4 is 10.1 Å². The molecule has 0 bridgehead atoms. The summed E-state index contributed by atoms with van der Waals surface area (Å²) in [5.41, 5.74) is 3.17. The van der Waals surface area contributed by atoms with Crippen molar-refractivity contribution in [2.24, 2.45) is 0 Å². The van der Waals surface area contributed by atoms with Crippen LogP contribution in [0.1, 0.15) is 11.3 Å². The maximum atomic E-state index is 12.1. The van der Waals surface area contributed by atoms with Gasteiger partial charge in [0.15, 0.2) is 0 Å². The van der Waals surface area contributed by atoms with Gasteiger partial charge in [0.25, 0.3) is 0 Å². The van der Waals surface area contributed by atoms with E-state index >= 15 is 0 Å². The molecule has 0 atom stereocenters. The largest absolute Gasteiger partial charge is 0.492 e. The summed E-state index contributed by atoms with van der Waals surface area (Å²) in [6, 6.07) is 17.6. The molecule has 0 fully saturated rings. The Balaban J connectivity index is 1.52. The molecule has 0 radical (unpaired) electrons. The molecule has 0 saturated heterocycles. The second kappa shape index (κ2) is 7.01. The summed E-state index contributed by atoms with van der Waals surface area (Å²) in [6.45, 7) is 2.96. The number of hydrogen-bond donors (Lipinski definition) is 2. The number of benzene rings is 2. The fourth-order valence-electron chi connectivity index (χ4n) is 2.66. The molecule has 1 heterocycles. The van der Waals surface area contributed by atoms with Crippen LogP contribution in [0, 0.1) is 6.92 Å². The second-order valence-corrected chi connectivity index (χ2v) is 5.46. The van der Waals surface area contributed by atoms with Gasteiger partial charge >= 0.3 is 0 Å². The highest BCUT2D eigenvalue weighted by Gasteiger charge is 2.11. The lowest BCUT2D eigenvalue weighted by Crippen LogP contribution is -2.29. The van der Waals surface area contributed by atoms with Gasteiger partial charge in [0, 0.05) is 16.6 Å². The van der Waals surface area contributed by atoms with E-state index in [1.54, 1.807) is 0 Å². The summed E-state index contributed by atoms with van der Waals surface area (Å²) >= 11 is 0. The number of nitrogens with one attached hydrogen (secondary N) is 2. The van der Waals surface area contributed by atoms with Crippen molar-refractivity contribution in [1.29, 1.82) is 0 Å². The lowest BCUT2D eigenvalue weighted by atomic mass is 10.1. The van der Waals surface area contributed by atoms with Gasteiger partial charge in [-0.25, -0.2) is 0 Å². The molecule has 0 aliphatic rings. The Morgan fingerprint density at radius 1 is 1.09 bits per heavy atom. The van der Waals surface area contributed by atoms with E-state index in [2.05, 4.69) is 10.3 Å². The van der Waals surface area contributed by atoms with Crippen LogP contribution in [-0.2, 0) is 11.2 Å². The minimum absolute atomic E-state index is 0.00881. The van der Waals surface area contributed by atoms with Crippen LogP contribution in [0.4, 0.5) is 0 Å². The van der Waals surface area contributed by atoms with Gasteiger partial charge in [0.1, 0.15) is 12.4 Å². The number of carbonyl (C=O) groups is 1. The summed E-state index contributed by atoms with van der Waals surface area (Å²) in [6.07, 6.45) is 0.376. The Kier molecular flexibility index (Phi) is 4.62. The fraction of sp³-hybridized carbons (Fsp3) is 0.211. The van der Waals surface area contributed by atoms with E-state index in [0.29, 0.717) is 19.6 Å². The molecule has 3 rings (SSSR count). The minimum atomic E-state index is 0.00881. The number of aryl methyl sites for hydroxylation is 1. The first-order valence-corrected chi connectivity index (χ1v) is 7.75. The van der Waals surface area contributed by atoms with Crippen LogP contribution in [0.3, 0.4) is 0 Å². The highest BCUT2D eigenvalue weighted by atomic mass is 16.5. The van der Waals surface area contributed by atoms with Crippen molar-refractivity contribution >= 4 is 16.8 Å². The van der Waals surface area contributed by atoms with Crippen LogP contribution in [0.2, 0.25) is 0 Å². The minimum Gasteiger partial charge on any atom is -0.492 e. The zero-order valence-electron chi connectivity index (χ0n) is 13.1. The molecule has 4 heteroatoms. The molecule has 2 aromatic carbocycles. The summed E-state index contributed by atoms with van der Waals surface area (Å²) < 4.78 is 5.56. The maximum Gasteiger partial charge on any atom is 0.224 e. The Morgan fingerprint density at radius 2 is 1.83 bits per heavy atom. The van der Waals surface area contributed by atoms with Gasteiger partial charge in [-0.1, -0.05) is 36.4 Å². The third kappa shape index (κ3) is 3.72. The van der Waals surface area contributed by atoms with Gasteiger partial charge in [-0.15, -0.1) is 0 Å². The van der Waals surface area contributed by atoms with Crippen LogP contribution in [0.25, 0.3) is 10.9 Å². The summed E-state index contributed by atoms with van der Waals surface area (Å²) in [4.78, 5) is 15.5. The molecule has 0 aliphatic carbocycles. The highest BCUT2D eigenvalue weighted by Crippen LogP contribution is 2.22. The highest BCUT2D eigenvalue weighted by molar-refractivity contribution is 5.90. The number of amides is 1. The van der Waals surface area contributed by atoms with Gasteiger partial charge in [-0.3, -0.25) is 4.79 Å². The van der Waals surface area contributed by atoms with Crippen molar-refractivity contribution in [3.8, 4) is 5.75 Å². The number of hydrogen-bond acceptors (Lipinski definition) is 2. The zero-order chi connectivity index (χ0) is 16.1. The van der Waals surface area contributed by atoms with Gasteiger partial charge in [0.05, 0.1) is 13.0 Å². The standard InChI is InChI=1S/C19H20N2O2/c1-14-17(16-9-5-6-10-18(16)21-14)13-19(22)20-11-12-23-15-7-3-2-4-8-15/h2-10,21H,11-13H2,1H3,(H,20,22). The van der Waals surface area contributed by atoms with E-state index in [1.165, 1.54) is 0 Å². The van der Waals surface area contributed by atoms with Crippen LogP contribution in [0.5, 0.6) is 5.75 Å². The number of H-pyrrole nitrogens is 1.